The molecule has 1 heterocycles. The van der Waals surface area contributed by atoms with Gasteiger partial charge in [0.25, 0.3) is 0 Å². The number of hydrogen-bond acceptors (Lipinski definition) is 4. The Labute approximate surface area is 126 Å². The average Bonchev–Trinajstić information content (AvgIpc) is 2.54. The molecule has 1 fully saturated rings. The van der Waals surface area contributed by atoms with Crippen molar-refractivity contribution in [3.8, 4) is 0 Å². The number of nitrogens with zero attached hydrogens (tertiary/aromatic N) is 3. The van der Waals surface area contributed by atoms with Crippen LogP contribution in [0.2, 0.25) is 0 Å². The molecule has 1 unspecified atom stereocenters. The topological polar surface area (TPSA) is 47.0 Å². The maximum Gasteiger partial charge on any atom is 0.243 e. The SMILES string of the molecule is CC(C(=O)N(C)c1ccccc1)N1CCN(CCO)CC1. The van der Waals surface area contributed by atoms with E-state index in [2.05, 4.69) is 9.80 Å². The van der Waals surface area contributed by atoms with Gasteiger partial charge >= 0.3 is 0 Å². The van der Waals surface area contributed by atoms with E-state index >= 15 is 0 Å². The second-order valence-corrected chi connectivity index (χ2v) is 5.51. The lowest BCUT2D eigenvalue weighted by Crippen LogP contribution is -2.54. The van der Waals surface area contributed by atoms with Crippen LogP contribution in [0.1, 0.15) is 6.92 Å². The molecule has 0 aliphatic carbocycles. The molecule has 0 spiro atoms. The summed E-state index contributed by atoms with van der Waals surface area (Å²) < 4.78 is 0. The lowest BCUT2D eigenvalue weighted by atomic mass is 10.2. The molecular formula is C16H25N3O2. The average molecular weight is 291 g/mol. The van der Waals surface area contributed by atoms with Crippen molar-refractivity contribution < 1.29 is 9.90 Å². The summed E-state index contributed by atoms with van der Waals surface area (Å²) in [4.78, 5) is 18.8. The largest absolute Gasteiger partial charge is 0.395 e. The van der Waals surface area contributed by atoms with Gasteiger partial charge in [-0.3, -0.25) is 14.6 Å². The second kappa shape index (κ2) is 7.54. The first kappa shape index (κ1) is 15.9. The summed E-state index contributed by atoms with van der Waals surface area (Å²) in [5, 5.41) is 8.96. The van der Waals surface area contributed by atoms with E-state index in [0.717, 1.165) is 38.4 Å². The van der Waals surface area contributed by atoms with E-state index in [0.29, 0.717) is 0 Å². The van der Waals surface area contributed by atoms with E-state index in [1.165, 1.54) is 0 Å². The van der Waals surface area contributed by atoms with Crippen molar-refractivity contribution in [1.29, 1.82) is 0 Å². The van der Waals surface area contributed by atoms with Crippen LogP contribution in [0.25, 0.3) is 0 Å². The standard InChI is InChI=1S/C16H25N3O2/c1-14(19-10-8-18(9-11-19)12-13-20)16(21)17(2)15-6-4-3-5-7-15/h3-7,14,20H,8-13H2,1-2H3. The first-order valence-corrected chi connectivity index (χ1v) is 7.53. The first-order chi connectivity index (χ1) is 10.1. The van der Waals surface area contributed by atoms with Crippen molar-refractivity contribution in [2.75, 3.05) is 51.3 Å². The fourth-order valence-corrected chi connectivity index (χ4v) is 2.73. The number of β-amino-alcohol motifs (C(OH)–C–C–N with tert-alkyl or cyclic N) is 1. The van der Waals surface area contributed by atoms with Crippen LogP contribution in [0.4, 0.5) is 5.69 Å². The Kier molecular flexibility index (Phi) is 5.73. The van der Waals surface area contributed by atoms with Crippen LogP contribution in [0.3, 0.4) is 0 Å². The molecule has 0 radical (unpaired) electrons. The Balaban J connectivity index is 1.91. The number of hydrogen-bond donors (Lipinski definition) is 1. The number of anilines is 1. The number of aliphatic hydroxyl groups is 1. The molecule has 1 atom stereocenters. The molecule has 1 aliphatic heterocycles. The number of para-hydroxylation sites is 1. The molecule has 1 aliphatic rings. The zero-order valence-corrected chi connectivity index (χ0v) is 12.9. The van der Waals surface area contributed by atoms with Crippen LogP contribution >= 0.6 is 0 Å². The van der Waals surface area contributed by atoms with Crippen molar-refractivity contribution in [2.45, 2.75) is 13.0 Å². The summed E-state index contributed by atoms with van der Waals surface area (Å²) in [5.41, 5.74) is 0.924. The van der Waals surface area contributed by atoms with Crippen molar-refractivity contribution in [3.05, 3.63) is 30.3 Å². The first-order valence-electron chi connectivity index (χ1n) is 7.53. The second-order valence-electron chi connectivity index (χ2n) is 5.51. The summed E-state index contributed by atoms with van der Waals surface area (Å²) in [6.07, 6.45) is 0. The maximum atomic E-state index is 12.6. The van der Waals surface area contributed by atoms with Crippen LogP contribution < -0.4 is 4.90 Å². The van der Waals surface area contributed by atoms with E-state index in [-0.39, 0.29) is 18.6 Å². The highest BCUT2D eigenvalue weighted by molar-refractivity contribution is 5.96. The molecule has 1 saturated heterocycles. The van der Waals surface area contributed by atoms with Gasteiger partial charge in [-0.05, 0) is 19.1 Å². The molecule has 1 amide bonds. The van der Waals surface area contributed by atoms with Crippen LogP contribution in [0.5, 0.6) is 0 Å². The van der Waals surface area contributed by atoms with Gasteiger partial charge in [0.2, 0.25) is 5.91 Å². The predicted octanol–water partition coefficient (Wildman–Crippen LogP) is 0.648. The minimum Gasteiger partial charge on any atom is -0.395 e. The summed E-state index contributed by atoms with van der Waals surface area (Å²) in [6.45, 7) is 6.46. The molecule has 1 aromatic carbocycles. The van der Waals surface area contributed by atoms with Gasteiger partial charge in [0.05, 0.1) is 12.6 Å². The van der Waals surface area contributed by atoms with Gasteiger partial charge < -0.3 is 10.0 Å². The Morgan fingerprint density at radius 1 is 1.24 bits per heavy atom. The summed E-state index contributed by atoms with van der Waals surface area (Å²) >= 11 is 0. The summed E-state index contributed by atoms with van der Waals surface area (Å²) in [6, 6.07) is 9.61. The monoisotopic (exact) mass is 291 g/mol. The highest BCUT2D eigenvalue weighted by Gasteiger charge is 2.27. The molecule has 1 aromatic rings. The Hall–Kier alpha value is -1.43. The van der Waals surface area contributed by atoms with Crippen LogP contribution in [-0.2, 0) is 4.79 Å². The minimum absolute atomic E-state index is 0.119. The highest BCUT2D eigenvalue weighted by atomic mass is 16.3. The highest BCUT2D eigenvalue weighted by Crippen LogP contribution is 2.15. The number of aliphatic hydroxyl groups excluding tert-OH is 1. The third kappa shape index (κ3) is 4.03. The van der Waals surface area contributed by atoms with E-state index in [9.17, 15) is 4.79 Å². The zero-order valence-electron chi connectivity index (χ0n) is 12.9. The van der Waals surface area contributed by atoms with Crippen LogP contribution in [0.15, 0.2) is 30.3 Å². The van der Waals surface area contributed by atoms with Gasteiger partial charge in [-0.1, -0.05) is 18.2 Å². The zero-order chi connectivity index (χ0) is 15.2. The van der Waals surface area contributed by atoms with Crippen LogP contribution in [0, 0.1) is 0 Å². The third-order valence-electron chi connectivity index (χ3n) is 4.20. The van der Waals surface area contributed by atoms with Gasteiger partial charge in [0, 0.05) is 45.5 Å². The molecule has 21 heavy (non-hydrogen) atoms. The van der Waals surface area contributed by atoms with E-state index in [1.54, 1.807) is 4.90 Å². The molecule has 0 aromatic heterocycles. The lowest BCUT2D eigenvalue weighted by Gasteiger charge is -2.38. The van der Waals surface area contributed by atoms with Crippen molar-refractivity contribution >= 4 is 11.6 Å². The Morgan fingerprint density at radius 2 is 1.86 bits per heavy atom. The lowest BCUT2D eigenvalue weighted by molar-refractivity contribution is -0.123. The van der Waals surface area contributed by atoms with E-state index in [4.69, 9.17) is 5.11 Å². The van der Waals surface area contributed by atoms with Gasteiger partial charge in [-0.2, -0.15) is 0 Å². The van der Waals surface area contributed by atoms with Crippen molar-refractivity contribution in [3.63, 3.8) is 0 Å². The minimum atomic E-state index is -0.119. The van der Waals surface area contributed by atoms with Gasteiger partial charge in [0.1, 0.15) is 0 Å². The van der Waals surface area contributed by atoms with Gasteiger partial charge in [-0.15, -0.1) is 0 Å². The summed E-state index contributed by atoms with van der Waals surface area (Å²) in [5.74, 6) is 0.122. The summed E-state index contributed by atoms with van der Waals surface area (Å²) in [7, 11) is 1.83. The quantitative estimate of drug-likeness (QED) is 0.865. The normalized spacial score (nSPS) is 18.4. The molecule has 0 saturated carbocycles. The number of benzene rings is 1. The van der Waals surface area contributed by atoms with E-state index in [1.807, 2.05) is 44.3 Å². The fraction of sp³-hybridized carbons (Fsp3) is 0.562. The molecule has 1 N–H and O–H groups in total. The van der Waals surface area contributed by atoms with Gasteiger partial charge in [-0.25, -0.2) is 0 Å². The number of carbonyl (C=O) groups is 1. The molecular weight excluding hydrogens is 266 g/mol. The Bertz CT molecular complexity index is 444. The van der Waals surface area contributed by atoms with Gasteiger partial charge in [0.15, 0.2) is 0 Å². The number of rotatable bonds is 5. The maximum absolute atomic E-state index is 12.6. The molecule has 0 bridgehead atoms. The fourth-order valence-electron chi connectivity index (χ4n) is 2.73. The predicted molar refractivity (Wildman–Crippen MR) is 84.4 cm³/mol. The molecule has 5 heteroatoms. The molecule has 116 valence electrons. The van der Waals surface area contributed by atoms with Crippen molar-refractivity contribution in [1.82, 2.24) is 9.80 Å². The number of amides is 1. The van der Waals surface area contributed by atoms with Crippen LogP contribution in [-0.4, -0.2) is 73.2 Å². The number of likely N-dealkylation sites (N-methyl/N-ethyl adjacent to an activating group) is 1. The third-order valence-corrected chi connectivity index (χ3v) is 4.20. The van der Waals surface area contributed by atoms with E-state index < -0.39 is 0 Å². The van der Waals surface area contributed by atoms with Crippen molar-refractivity contribution in [2.24, 2.45) is 0 Å². The smallest absolute Gasteiger partial charge is 0.243 e. The molecule has 2 rings (SSSR count). The number of carbonyl (C=O) groups excluding carboxylic acids is 1. The Morgan fingerprint density at radius 3 is 2.43 bits per heavy atom. The molecule has 5 nitrogen and oxygen atoms in total. The number of piperazine rings is 1.